The first-order chi connectivity index (χ1) is 6.54. The highest BCUT2D eigenvalue weighted by molar-refractivity contribution is 5.83. The summed E-state index contributed by atoms with van der Waals surface area (Å²) in [5, 5.41) is 35.9. The molecule has 0 amide bonds. The summed E-state index contributed by atoms with van der Waals surface area (Å²) in [5.74, 6) is -0.508. The quantitative estimate of drug-likeness (QED) is 0.420. The molecule has 0 saturated heterocycles. The summed E-state index contributed by atoms with van der Waals surface area (Å²) >= 11 is 0. The Morgan fingerprint density at radius 3 is 2.29 bits per heavy atom. The Kier molecular flexibility index (Phi) is 6.65. The summed E-state index contributed by atoms with van der Waals surface area (Å²) in [6, 6.07) is 0. The molecule has 0 aliphatic rings. The van der Waals surface area contributed by atoms with Gasteiger partial charge in [0.25, 0.3) is 0 Å². The molecule has 84 valence electrons. The Bertz CT molecular complexity index is 171. The number of ketones is 1. The van der Waals surface area contributed by atoms with Gasteiger partial charge in [-0.2, -0.15) is 0 Å². The molecule has 0 spiro atoms. The van der Waals surface area contributed by atoms with Crippen LogP contribution in [-0.4, -0.2) is 51.1 Å². The fourth-order valence-corrected chi connectivity index (χ4v) is 1.01. The van der Waals surface area contributed by atoms with Crippen LogP contribution >= 0.6 is 0 Å². The molecule has 3 atom stereocenters. The second-order valence-electron chi connectivity index (χ2n) is 3.26. The van der Waals surface area contributed by atoms with Crippen molar-refractivity contribution >= 4 is 5.78 Å². The number of hydrogen-bond acceptors (Lipinski definition) is 5. The highest BCUT2D eigenvalue weighted by Gasteiger charge is 2.28. The minimum absolute atomic E-state index is 0.173. The van der Waals surface area contributed by atoms with Gasteiger partial charge in [-0.15, -0.1) is 0 Å². The zero-order chi connectivity index (χ0) is 11.1. The van der Waals surface area contributed by atoms with Crippen LogP contribution in [0.4, 0.5) is 0 Å². The van der Waals surface area contributed by atoms with Crippen LogP contribution in [0.15, 0.2) is 0 Å². The van der Waals surface area contributed by atoms with Gasteiger partial charge in [0.15, 0.2) is 5.78 Å². The van der Waals surface area contributed by atoms with Gasteiger partial charge >= 0.3 is 0 Å². The third-order valence-corrected chi connectivity index (χ3v) is 2.01. The highest BCUT2D eigenvalue weighted by atomic mass is 16.4. The summed E-state index contributed by atoms with van der Waals surface area (Å²) < 4.78 is 0. The number of aliphatic hydroxyl groups excluding tert-OH is 4. The van der Waals surface area contributed by atoms with E-state index in [0.717, 1.165) is 6.42 Å². The maximum Gasteiger partial charge on any atom is 0.164 e. The Hall–Kier alpha value is -0.490. The lowest BCUT2D eigenvalue weighted by atomic mass is 10.0. The SMILES string of the molecule is CCCCC(=O)[C@H](O)[C@@H](O)[C@H](O)CO. The van der Waals surface area contributed by atoms with Crippen molar-refractivity contribution in [2.45, 2.75) is 44.5 Å². The average Bonchev–Trinajstić information content (AvgIpc) is 2.22. The number of rotatable bonds is 7. The van der Waals surface area contributed by atoms with E-state index in [2.05, 4.69) is 0 Å². The molecule has 0 aromatic heterocycles. The second kappa shape index (κ2) is 6.89. The van der Waals surface area contributed by atoms with Gasteiger partial charge in [0.1, 0.15) is 18.3 Å². The van der Waals surface area contributed by atoms with Gasteiger partial charge in [-0.05, 0) is 6.42 Å². The molecule has 0 heterocycles. The van der Waals surface area contributed by atoms with Crippen molar-refractivity contribution in [1.82, 2.24) is 0 Å². The molecule has 5 heteroatoms. The molecule has 0 aromatic carbocycles. The monoisotopic (exact) mass is 206 g/mol. The molecule has 0 bridgehead atoms. The molecule has 5 nitrogen and oxygen atoms in total. The van der Waals surface area contributed by atoms with Crippen LogP contribution < -0.4 is 0 Å². The van der Waals surface area contributed by atoms with E-state index >= 15 is 0 Å². The van der Waals surface area contributed by atoms with Crippen LogP contribution in [-0.2, 0) is 4.79 Å². The highest BCUT2D eigenvalue weighted by Crippen LogP contribution is 2.06. The van der Waals surface area contributed by atoms with Gasteiger partial charge in [-0.25, -0.2) is 0 Å². The molecule has 0 saturated carbocycles. The van der Waals surface area contributed by atoms with Crippen molar-refractivity contribution in [3.63, 3.8) is 0 Å². The van der Waals surface area contributed by atoms with Crippen LogP contribution in [0, 0.1) is 0 Å². The van der Waals surface area contributed by atoms with Crippen molar-refractivity contribution in [3.05, 3.63) is 0 Å². The van der Waals surface area contributed by atoms with E-state index in [-0.39, 0.29) is 6.42 Å². The van der Waals surface area contributed by atoms with Gasteiger partial charge in [-0.1, -0.05) is 13.3 Å². The normalized spacial score (nSPS) is 17.5. The van der Waals surface area contributed by atoms with Crippen molar-refractivity contribution < 1.29 is 25.2 Å². The van der Waals surface area contributed by atoms with Crippen LogP contribution in [0.5, 0.6) is 0 Å². The van der Waals surface area contributed by atoms with Crippen LogP contribution in [0.25, 0.3) is 0 Å². The first-order valence-corrected chi connectivity index (χ1v) is 4.72. The summed E-state index contributed by atoms with van der Waals surface area (Å²) in [6.07, 6.45) is -3.06. The number of unbranched alkanes of at least 4 members (excludes halogenated alkanes) is 1. The molecule has 0 fully saturated rings. The van der Waals surface area contributed by atoms with E-state index in [9.17, 15) is 15.0 Å². The van der Waals surface area contributed by atoms with Gasteiger partial charge in [-0.3, -0.25) is 4.79 Å². The lowest BCUT2D eigenvalue weighted by Gasteiger charge is -2.20. The Morgan fingerprint density at radius 2 is 1.86 bits per heavy atom. The maximum atomic E-state index is 11.2. The minimum atomic E-state index is -1.61. The Labute approximate surface area is 83.0 Å². The lowest BCUT2D eigenvalue weighted by molar-refractivity contribution is -0.140. The maximum absolute atomic E-state index is 11.2. The molecule has 0 unspecified atom stereocenters. The summed E-state index contributed by atoms with van der Waals surface area (Å²) in [5.41, 5.74) is 0. The van der Waals surface area contributed by atoms with Crippen molar-refractivity contribution in [3.8, 4) is 0 Å². The minimum Gasteiger partial charge on any atom is -0.394 e. The lowest BCUT2D eigenvalue weighted by Crippen LogP contribution is -2.43. The summed E-state index contributed by atoms with van der Waals surface area (Å²) in [7, 11) is 0. The predicted molar refractivity (Wildman–Crippen MR) is 49.6 cm³/mol. The topological polar surface area (TPSA) is 98.0 Å². The zero-order valence-electron chi connectivity index (χ0n) is 8.26. The van der Waals surface area contributed by atoms with Gasteiger partial charge < -0.3 is 20.4 Å². The first kappa shape index (κ1) is 13.5. The number of carbonyl (C=O) groups excluding carboxylic acids is 1. The molecule has 0 aliphatic heterocycles. The van der Waals surface area contributed by atoms with Crippen molar-refractivity contribution in [2.75, 3.05) is 6.61 Å². The van der Waals surface area contributed by atoms with E-state index in [1.165, 1.54) is 0 Å². The fraction of sp³-hybridized carbons (Fsp3) is 0.889. The van der Waals surface area contributed by atoms with Gasteiger partial charge in [0.2, 0.25) is 0 Å². The van der Waals surface area contributed by atoms with E-state index < -0.39 is 30.7 Å². The Balaban J connectivity index is 4.03. The van der Waals surface area contributed by atoms with Crippen molar-refractivity contribution in [2.24, 2.45) is 0 Å². The standard InChI is InChI=1S/C9H18O5/c1-2-3-4-6(11)8(13)9(14)7(12)5-10/h7-10,12-14H,2-5H2,1H3/t7-,8+,9+/m1/s1. The smallest absolute Gasteiger partial charge is 0.164 e. The molecular weight excluding hydrogens is 188 g/mol. The molecule has 14 heavy (non-hydrogen) atoms. The average molecular weight is 206 g/mol. The molecule has 0 aromatic rings. The van der Waals surface area contributed by atoms with Crippen LogP contribution in [0.3, 0.4) is 0 Å². The number of carbonyl (C=O) groups is 1. The van der Waals surface area contributed by atoms with E-state index in [4.69, 9.17) is 10.2 Å². The van der Waals surface area contributed by atoms with E-state index in [1.807, 2.05) is 6.92 Å². The third-order valence-electron chi connectivity index (χ3n) is 2.01. The second-order valence-corrected chi connectivity index (χ2v) is 3.26. The largest absolute Gasteiger partial charge is 0.394 e. The summed E-state index contributed by atoms with van der Waals surface area (Å²) in [6.45, 7) is 1.22. The molecule has 4 N–H and O–H groups in total. The Morgan fingerprint density at radius 1 is 1.29 bits per heavy atom. The number of aliphatic hydroxyl groups is 4. The fourth-order valence-electron chi connectivity index (χ4n) is 1.01. The van der Waals surface area contributed by atoms with Crippen LogP contribution in [0.1, 0.15) is 26.2 Å². The predicted octanol–water partition coefficient (Wildman–Crippen LogP) is -1.18. The molecule has 0 rings (SSSR count). The zero-order valence-corrected chi connectivity index (χ0v) is 8.26. The number of hydrogen-bond donors (Lipinski definition) is 4. The van der Waals surface area contributed by atoms with Gasteiger partial charge in [0.05, 0.1) is 6.61 Å². The molecule has 0 radical (unpaired) electrons. The van der Waals surface area contributed by atoms with Crippen LogP contribution in [0.2, 0.25) is 0 Å². The van der Waals surface area contributed by atoms with Crippen molar-refractivity contribution in [1.29, 1.82) is 0 Å². The molecular formula is C9H18O5. The first-order valence-electron chi connectivity index (χ1n) is 4.72. The third kappa shape index (κ3) is 4.15. The number of Topliss-reactive ketones (excluding diaryl/α,β-unsaturated/α-hetero) is 1. The van der Waals surface area contributed by atoms with E-state index in [0.29, 0.717) is 6.42 Å². The summed E-state index contributed by atoms with van der Waals surface area (Å²) in [4.78, 5) is 11.2. The van der Waals surface area contributed by atoms with Gasteiger partial charge in [0, 0.05) is 6.42 Å². The van der Waals surface area contributed by atoms with E-state index in [1.54, 1.807) is 0 Å². The molecule has 0 aliphatic carbocycles.